The summed E-state index contributed by atoms with van der Waals surface area (Å²) < 4.78 is 0. The van der Waals surface area contributed by atoms with Crippen molar-refractivity contribution in [1.29, 1.82) is 0 Å². The van der Waals surface area contributed by atoms with E-state index in [9.17, 15) is 14.7 Å². The van der Waals surface area contributed by atoms with Crippen LogP contribution >= 0.6 is 0 Å². The first-order valence-electron chi connectivity index (χ1n) is 17.2. The van der Waals surface area contributed by atoms with Gasteiger partial charge in [-0.15, -0.1) is 0 Å². The molecule has 1 aliphatic rings. The van der Waals surface area contributed by atoms with Gasteiger partial charge in [-0.05, 0) is 121 Å². The maximum atomic E-state index is 13.8. The second kappa shape index (κ2) is 15.8. The van der Waals surface area contributed by atoms with Gasteiger partial charge in [-0.2, -0.15) is 0 Å². The summed E-state index contributed by atoms with van der Waals surface area (Å²) in [5, 5.41) is 14.0. The number of nitrogens with one attached hydrogen (secondary N) is 2. The van der Waals surface area contributed by atoms with Gasteiger partial charge in [0.25, 0.3) is 5.91 Å². The summed E-state index contributed by atoms with van der Waals surface area (Å²) in [4.78, 5) is 32.1. The van der Waals surface area contributed by atoms with E-state index in [-0.39, 0.29) is 17.6 Å². The number of aromatic amines is 1. The van der Waals surface area contributed by atoms with Crippen molar-refractivity contribution in [3.05, 3.63) is 126 Å². The van der Waals surface area contributed by atoms with Crippen molar-refractivity contribution in [3.63, 3.8) is 0 Å². The first kappa shape index (κ1) is 33.0. The van der Waals surface area contributed by atoms with Gasteiger partial charge in [0.2, 0.25) is 5.91 Å². The average Bonchev–Trinajstić information content (AvgIpc) is 3.55. The lowest BCUT2D eigenvalue weighted by Gasteiger charge is -2.27. The third-order valence-electron chi connectivity index (χ3n) is 9.85. The maximum Gasteiger partial charge on any atom is 0.251 e. The molecule has 0 radical (unpaired) electrons. The molecular weight excluding hydrogens is 596 g/mol. The van der Waals surface area contributed by atoms with Crippen molar-refractivity contribution in [2.45, 2.75) is 51.5 Å². The molecule has 1 aromatic heterocycles. The van der Waals surface area contributed by atoms with Crippen LogP contribution in [0.5, 0.6) is 5.75 Å². The Bertz CT molecular complexity index is 1820. The van der Waals surface area contributed by atoms with E-state index in [1.54, 1.807) is 12.1 Å². The van der Waals surface area contributed by atoms with E-state index in [1.807, 2.05) is 65.7 Å². The number of rotatable bonds is 13. The number of hydrogen-bond acceptors (Lipinski definition) is 4. The van der Waals surface area contributed by atoms with Crippen LogP contribution in [0.4, 0.5) is 0 Å². The molecule has 5 N–H and O–H groups in total. The van der Waals surface area contributed by atoms with Crippen LogP contribution in [-0.4, -0.2) is 46.4 Å². The van der Waals surface area contributed by atoms with E-state index in [1.165, 1.54) is 0 Å². The number of fused-ring (bicyclic) bond motifs is 1. The molecule has 7 nitrogen and oxygen atoms in total. The Kier molecular flexibility index (Phi) is 10.9. The number of nitrogens with two attached hydrogens (primary N) is 1. The number of nitrogens with zero attached hydrogens (tertiary/aromatic N) is 1. The number of carbonyl (C=O) groups excluding carboxylic acids is 2. The molecule has 0 spiro atoms. The zero-order valence-corrected chi connectivity index (χ0v) is 27.5. The van der Waals surface area contributed by atoms with Gasteiger partial charge >= 0.3 is 0 Å². The zero-order chi connectivity index (χ0) is 33.3. The number of benzene rings is 4. The molecular formula is C41H46N4O3. The van der Waals surface area contributed by atoms with Gasteiger partial charge in [0, 0.05) is 48.7 Å². The summed E-state index contributed by atoms with van der Waals surface area (Å²) in [5.74, 6) is 1.42. The van der Waals surface area contributed by atoms with Crippen molar-refractivity contribution in [3.8, 4) is 16.9 Å². The maximum absolute atomic E-state index is 13.8. The second-order valence-electron chi connectivity index (χ2n) is 13.2. The molecule has 248 valence electrons. The molecule has 2 amide bonds. The van der Waals surface area contributed by atoms with Gasteiger partial charge in [0.1, 0.15) is 5.75 Å². The molecule has 6 rings (SSSR count). The fraction of sp³-hybridized carbons (Fsp3) is 0.317. The Labute approximate surface area is 283 Å². The van der Waals surface area contributed by atoms with E-state index in [4.69, 9.17) is 5.73 Å². The van der Waals surface area contributed by atoms with Gasteiger partial charge in [0.05, 0.1) is 0 Å². The normalized spacial score (nSPS) is 16.1. The number of amides is 2. The molecule has 1 saturated carbocycles. The third kappa shape index (κ3) is 8.52. The van der Waals surface area contributed by atoms with Gasteiger partial charge < -0.3 is 26.0 Å². The Morgan fingerprint density at radius 2 is 1.54 bits per heavy atom. The molecule has 0 unspecified atom stereocenters. The van der Waals surface area contributed by atoms with Gasteiger partial charge in [-0.1, -0.05) is 60.7 Å². The lowest BCUT2D eigenvalue weighted by molar-refractivity contribution is -0.131. The summed E-state index contributed by atoms with van der Waals surface area (Å²) in [6.45, 7) is 2.49. The highest BCUT2D eigenvalue weighted by atomic mass is 16.3. The highest BCUT2D eigenvalue weighted by Crippen LogP contribution is 2.28. The fourth-order valence-corrected chi connectivity index (χ4v) is 6.88. The summed E-state index contributed by atoms with van der Waals surface area (Å²) in [5.41, 5.74) is 12.8. The number of phenols is 1. The Hall–Kier alpha value is -4.88. The smallest absolute Gasteiger partial charge is 0.251 e. The minimum atomic E-state index is -0.0462. The van der Waals surface area contributed by atoms with E-state index in [0.29, 0.717) is 56.3 Å². The van der Waals surface area contributed by atoms with Crippen LogP contribution in [0.3, 0.4) is 0 Å². The van der Waals surface area contributed by atoms with Crippen molar-refractivity contribution < 1.29 is 14.7 Å². The number of H-pyrrole nitrogens is 1. The van der Waals surface area contributed by atoms with Crippen LogP contribution < -0.4 is 11.1 Å². The Balaban J connectivity index is 1.13. The average molecular weight is 643 g/mol. The first-order valence-corrected chi connectivity index (χ1v) is 17.2. The number of aromatic nitrogens is 1. The highest BCUT2D eigenvalue weighted by molar-refractivity contribution is 5.95. The molecule has 1 aliphatic carbocycles. The minimum Gasteiger partial charge on any atom is -0.508 e. The summed E-state index contributed by atoms with van der Waals surface area (Å²) in [6, 6.07) is 31.4. The molecule has 4 aromatic carbocycles. The van der Waals surface area contributed by atoms with E-state index in [2.05, 4.69) is 40.6 Å². The second-order valence-corrected chi connectivity index (χ2v) is 13.2. The lowest BCUT2D eigenvalue weighted by atomic mass is 9.82. The zero-order valence-electron chi connectivity index (χ0n) is 27.5. The molecule has 7 heteroatoms. The van der Waals surface area contributed by atoms with Crippen LogP contribution in [0.1, 0.15) is 59.2 Å². The standard InChI is InChI=1S/C41H46N4O3/c42-25-30-11-13-31(14-12-30)26-44-41(48)35-8-4-7-34(24-35)33-6-3-5-32(23-33)28-45(22-21-29-15-18-37(46)19-16-29)40(47)20-17-36-27-43-39-10-2-1-9-38(36)39/h1-10,15-16,18-19,23-24,27,30-31,43,46H,11-14,17,20-22,25-26,28,42H2,(H,44,48). The predicted octanol–water partition coefficient (Wildman–Crippen LogP) is 7.24. The van der Waals surface area contributed by atoms with Crippen LogP contribution in [0.25, 0.3) is 22.0 Å². The quantitative estimate of drug-likeness (QED) is 0.109. The lowest BCUT2D eigenvalue weighted by Crippen LogP contribution is -2.32. The van der Waals surface area contributed by atoms with Crippen molar-refractivity contribution in [2.24, 2.45) is 17.6 Å². The highest BCUT2D eigenvalue weighted by Gasteiger charge is 2.21. The number of para-hydroxylation sites is 1. The molecule has 5 aromatic rings. The van der Waals surface area contributed by atoms with Crippen LogP contribution in [0.2, 0.25) is 0 Å². The number of carbonyl (C=O) groups is 2. The molecule has 48 heavy (non-hydrogen) atoms. The monoisotopic (exact) mass is 642 g/mol. The number of hydrogen-bond donors (Lipinski definition) is 4. The number of aryl methyl sites for hydroxylation is 1. The van der Waals surface area contributed by atoms with Crippen molar-refractivity contribution in [1.82, 2.24) is 15.2 Å². The third-order valence-corrected chi connectivity index (χ3v) is 9.85. The summed E-state index contributed by atoms with van der Waals surface area (Å²) in [7, 11) is 0. The van der Waals surface area contributed by atoms with E-state index in [0.717, 1.165) is 70.9 Å². The Morgan fingerprint density at radius 1 is 0.812 bits per heavy atom. The van der Waals surface area contributed by atoms with Crippen LogP contribution in [0.15, 0.2) is 103 Å². The molecule has 0 saturated heterocycles. The first-order chi connectivity index (χ1) is 23.4. The van der Waals surface area contributed by atoms with Crippen LogP contribution in [-0.2, 0) is 24.2 Å². The molecule has 1 heterocycles. The number of aromatic hydroxyl groups is 1. The summed E-state index contributed by atoms with van der Waals surface area (Å²) in [6.07, 6.45) is 8.28. The van der Waals surface area contributed by atoms with Crippen molar-refractivity contribution >= 4 is 22.7 Å². The SMILES string of the molecule is NCC1CCC(CNC(=O)c2cccc(-c3cccc(CN(CCc4ccc(O)cc4)C(=O)CCc4c[nH]c5ccccc45)c3)c2)CC1. The molecule has 0 aliphatic heterocycles. The minimum absolute atomic E-state index is 0.0462. The van der Waals surface area contributed by atoms with Crippen LogP contribution in [0, 0.1) is 11.8 Å². The molecule has 1 fully saturated rings. The van der Waals surface area contributed by atoms with Gasteiger partial charge in [-0.3, -0.25) is 9.59 Å². The Morgan fingerprint density at radius 3 is 2.33 bits per heavy atom. The van der Waals surface area contributed by atoms with E-state index >= 15 is 0 Å². The fourth-order valence-electron chi connectivity index (χ4n) is 6.88. The van der Waals surface area contributed by atoms with E-state index < -0.39 is 0 Å². The largest absolute Gasteiger partial charge is 0.508 e. The topological polar surface area (TPSA) is 111 Å². The van der Waals surface area contributed by atoms with Gasteiger partial charge in [-0.25, -0.2) is 0 Å². The molecule has 0 bridgehead atoms. The molecule has 0 atom stereocenters. The van der Waals surface area contributed by atoms with Crippen molar-refractivity contribution in [2.75, 3.05) is 19.6 Å². The predicted molar refractivity (Wildman–Crippen MR) is 193 cm³/mol. The number of phenolic OH excluding ortho intramolecular Hbond substituents is 1. The van der Waals surface area contributed by atoms with Gasteiger partial charge in [0.15, 0.2) is 0 Å². The summed E-state index contributed by atoms with van der Waals surface area (Å²) >= 11 is 0.